The van der Waals surface area contributed by atoms with Crippen molar-refractivity contribution in [1.82, 2.24) is 9.55 Å². The molecule has 2 rings (SSSR count). The van der Waals surface area contributed by atoms with Crippen molar-refractivity contribution in [3.05, 3.63) is 53.2 Å². The van der Waals surface area contributed by atoms with Crippen LogP contribution in [-0.2, 0) is 11.8 Å². The molecule has 0 aliphatic heterocycles. The zero-order chi connectivity index (χ0) is 12.1. The number of aromatic nitrogens is 2. The van der Waals surface area contributed by atoms with Crippen molar-refractivity contribution in [2.24, 2.45) is 7.05 Å². The van der Waals surface area contributed by atoms with Gasteiger partial charge in [0.1, 0.15) is 0 Å². The van der Waals surface area contributed by atoms with Crippen LogP contribution in [0, 0.1) is 0 Å². The molecule has 0 unspecified atom stereocenters. The van der Waals surface area contributed by atoms with Crippen molar-refractivity contribution in [2.45, 2.75) is 5.16 Å². The van der Waals surface area contributed by atoms with Gasteiger partial charge in [0.15, 0.2) is 11.4 Å². The minimum Gasteiger partial charge on any atom is -0.329 e. The predicted octanol–water partition coefficient (Wildman–Crippen LogP) is 2.75. The number of nitrogens with zero attached hydrogens (tertiary/aromatic N) is 2. The van der Waals surface area contributed by atoms with E-state index in [4.69, 9.17) is 0 Å². The van der Waals surface area contributed by atoms with E-state index in [1.807, 2.05) is 54.2 Å². The highest BCUT2D eigenvalue weighted by Gasteiger charge is 2.04. The van der Waals surface area contributed by atoms with Crippen molar-refractivity contribution in [3.63, 3.8) is 0 Å². The number of hydrogen-bond acceptors (Lipinski definition) is 3. The van der Waals surface area contributed by atoms with Crippen LogP contribution in [0.4, 0.5) is 0 Å². The van der Waals surface area contributed by atoms with Crippen LogP contribution in [0.25, 0.3) is 6.08 Å². The molecule has 0 aliphatic rings. The van der Waals surface area contributed by atoms with Crippen LogP contribution in [-0.4, -0.2) is 15.8 Å². The lowest BCUT2D eigenvalue weighted by molar-refractivity contribution is -0.104. The third kappa shape index (κ3) is 3.07. The summed E-state index contributed by atoms with van der Waals surface area (Å²) in [6, 6.07) is 9.76. The van der Waals surface area contributed by atoms with Crippen molar-refractivity contribution >= 4 is 24.1 Å². The summed E-state index contributed by atoms with van der Waals surface area (Å²) in [6.07, 6.45) is 6.28. The van der Waals surface area contributed by atoms with Gasteiger partial charge in [0, 0.05) is 19.4 Å². The number of aryl methyl sites for hydroxylation is 1. The van der Waals surface area contributed by atoms with Gasteiger partial charge in [-0.3, -0.25) is 4.79 Å². The molecule has 17 heavy (non-hydrogen) atoms. The first-order valence-electron chi connectivity index (χ1n) is 5.16. The minimum absolute atomic E-state index is 0.644. The number of imidazole rings is 1. The van der Waals surface area contributed by atoms with E-state index in [2.05, 4.69) is 4.98 Å². The van der Waals surface area contributed by atoms with Crippen LogP contribution in [0.15, 0.2) is 52.8 Å². The summed E-state index contributed by atoms with van der Waals surface area (Å²) in [5.74, 6) is 0. The van der Waals surface area contributed by atoms with Gasteiger partial charge < -0.3 is 4.57 Å². The molecule has 0 atom stereocenters. The largest absolute Gasteiger partial charge is 0.329 e. The molecule has 86 valence electrons. The van der Waals surface area contributed by atoms with Crippen molar-refractivity contribution in [3.8, 4) is 0 Å². The third-order valence-corrected chi connectivity index (χ3v) is 3.24. The molecule has 4 heteroatoms. The second-order valence-corrected chi connectivity index (χ2v) is 4.54. The number of benzene rings is 1. The van der Waals surface area contributed by atoms with Crippen molar-refractivity contribution < 1.29 is 4.79 Å². The number of carbonyl (C=O) groups is 1. The fourth-order valence-corrected chi connectivity index (χ4v) is 2.13. The molecule has 1 aromatic carbocycles. The zero-order valence-corrected chi connectivity index (χ0v) is 10.2. The van der Waals surface area contributed by atoms with E-state index in [1.165, 1.54) is 11.8 Å². The normalized spacial score (nSPS) is 11.5. The van der Waals surface area contributed by atoms with Crippen molar-refractivity contribution in [2.75, 3.05) is 0 Å². The molecule has 0 spiro atoms. The summed E-state index contributed by atoms with van der Waals surface area (Å²) in [5.41, 5.74) is 1.01. The maximum atomic E-state index is 11.0. The third-order valence-electron chi connectivity index (χ3n) is 2.21. The highest BCUT2D eigenvalue weighted by molar-refractivity contribution is 8.03. The number of rotatable bonds is 4. The van der Waals surface area contributed by atoms with E-state index in [9.17, 15) is 4.79 Å². The van der Waals surface area contributed by atoms with Crippen LogP contribution in [0.5, 0.6) is 0 Å². The van der Waals surface area contributed by atoms with Crippen LogP contribution in [0.3, 0.4) is 0 Å². The second kappa shape index (κ2) is 5.50. The fraction of sp³-hybridized carbons (Fsp3) is 0.0769. The summed E-state index contributed by atoms with van der Waals surface area (Å²) >= 11 is 1.36. The molecule has 0 N–H and O–H groups in total. The molecule has 0 saturated heterocycles. The van der Waals surface area contributed by atoms with Crippen LogP contribution >= 0.6 is 11.8 Å². The summed E-state index contributed by atoms with van der Waals surface area (Å²) in [7, 11) is 1.90. The van der Waals surface area contributed by atoms with E-state index in [0.29, 0.717) is 4.91 Å². The first-order chi connectivity index (χ1) is 8.29. The Kier molecular flexibility index (Phi) is 3.77. The standard InChI is InChI=1S/C13H12N2OS/c1-15-8-7-14-13(15)17-12(10-16)9-11-5-3-2-4-6-11/h2-10H,1H3/b12-9-. The molecule has 2 aromatic rings. The number of thioether (sulfide) groups is 1. The monoisotopic (exact) mass is 244 g/mol. The Labute approximate surface area is 104 Å². The van der Waals surface area contributed by atoms with E-state index >= 15 is 0 Å². The van der Waals surface area contributed by atoms with Gasteiger partial charge in [0.05, 0.1) is 4.91 Å². The average molecular weight is 244 g/mol. The lowest BCUT2D eigenvalue weighted by atomic mass is 10.2. The lowest BCUT2D eigenvalue weighted by Crippen LogP contribution is -1.90. The number of aldehydes is 1. The van der Waals surface area contributed by atoms with Gasteiger partial charge in [-0.2, -0.15) is 0 Å². The second-order valence-electron chi connectivity index (χ2n) is 3.50. The minimum atomic E-state index is 0.644. The summed E-state index contributed by atoms with van der Waals surface area (Å²) < 4.78 is 1.88. The van der Waals surface area contributed by atoms with Crippen molar-refractivity contribution in [1.29, 1.82) is 0 Å². The molecule has 3 nitrogen and oxygen atoms in total. The molecular formula is C13H12N2OS. The quantitative estimate of drug-likeness (QED) is 0.471. The Morgan fingerprint density at radius 2 is 2.12 bits per heavy atom. The molecular weight excluding hydrogens is 232 g/mol. The molecule has 0 fully saturated rings. The SMILES string of the molecule is Cn1ccnc1S/C(C=O)=C\c1ccccc1. The summed E-state index contributed by atoms with van der Waals surface area (Å²) in [4.78, 5) is 15.8. The Hall–Kier alpha value is -1.81. The molecule has 0 saturated carbocycles. The van der Waals surface area contributed by atoms with E-state index in [-0.39, 0.29) is 0 Å². The topological polar surface area (TPSA) is 34.9 Å². The van der Waals surface area contributed by atoms with Gasteiger partial charge in [-0.1, -0.05) is 30.3 Å². The van der Waals surface area contributed by atoms with Crippen LogP contribution in [0.2, 0.25) is 0 Å². The Bertz CT molecular complexity index is 531. The highest BCUT2D eigenvalue weighted by atomic mass is 32.2. The van der Waals surface area contributed by atoms with Gasteiger partial charge in [-0.15, -0.1) is 0 Å². The smallest absolute Gasteiger partial charge is 0.172 e. The number of allylic oxidation sites excluding steroid dienone is 1. The first kappa shape index (κ1) is 11.7. The van der Waals surface area contributed by atoms with E-state index in [0.717, 1.165) is 17.0 Å². The van der Waals surface area contributed by atoms with E-state index in [1.54, 1.807) is 6.20 Å². The Morgan fingerprint density at radius 1 is 1.35 bits per heavy atom. The van der Waals surface area contributed by atoms with E-state index < -0.39 is 0 Å². The van der Waals surface area contributed by atoms with Crippen LogP contribution < -0.4 is 0 Å². The van der Waals surface area contributed by atoms with Gasteiger partial charge in [0.2, 0.25) is 0 Å². The Morgan fingerprint density at radius 3 is 2.71 bits per heavy atom. The maximum absolute atomic E-state index is 11.0. The number of hydrogen-bond donors (Lipinski definition) is 0. The van der Waals surface area contributed by atoms with Gasteiger partial charge >= 0.3 is 0 Å². The molecule has 1 heterocycles. The first-order valence-corrected chi connectivity index (χ1v) is 5.98. The highest BCUT2D eigenvalue weighted by Crippen LogP contribution is 2.24. The molecule has 0 bridgehead atoms. The van der Waals surface area contributed by atoms with Crippen LogP contribution in [0.1, 0.15) is 5.56 Å². The zero-order valence-electron chi connectivity index (χ0n) is 9.41. The maximum Gasteiger partial charge on any atom is 0.172 e. The summed E-state index contributed by atoms with van der Waals surface area (Å²) in [5, 5.41) is 0.805. The average Bonchev–Trinajstić information content (AvgIpc) is 2.75. The molecule has 1 aromatic heterocycles. The van der Waals surface area contributed by atoms with Gasteiger partial charge in [-0.25, -0.2) is 4.98 Å². The lowest BCUT2D eigenvalue weighted by Gasteiger charge is -2.00. The fourth-order valence-electron chi connectivity index (χ4n) is 1.36. The summed E-state index contributed by atoms with van der Waals surface area (Å²) in [6.45, 7) is 0. The Balaban J connectivity index is 2.20. The predicted molar refractivity (Wildman–Crippen MR) is 69.5 cm³/mol. The molecule has 0 aliphatic carbocycles. The molecule has 0 radical (unpaired) electrons. The molecule has 0 amide bonds. The number of carbonyl (C=O) groups excluding carboxylic acids is 1. The van der Waals surface area contributed by atoms with Gasteiger partial charge in [-0.05, 0) is 23.4 Å². The van der Waals surface area contributed by atoms with Gasteiger partial charge in [0.25, 0.3) is 0 Å².